The summed E-state index contributed by atoms with van der Waals surface area (Å²) in [6, 6.07) is 14.0. The Morgan fingerprint density at radius 3 is 2.68 bits per heavy atom. The van der Waals surface area contributed by atoms with Gasteiger partial charge in [-0.05, 0) is 36.8 Å². The lowest BCUT2D eigenvalue weighted by molar-refractivity contribution is 0.981. The largest absolute Gasteiger partial charge is 0.295 e. The molecule has 0 aliphatic heterocycles. The Morgan fingerprint density at radius 1 is 1.16 bits per heavy atom. The molecule has 1 aromatic heterocycles. The first kappa shape index (κ1) is 12.5. The molecule has 0 atom stereocenters. The maximum absolute atomic E-state index is 6.21. The number of para-hydroxylation sites is 2. The number of imidazole rings is 1. The van der Waals surface area contributed by atoms with Crippen molar-refractivity contribution in [3.8, 4) is 5.69 Å². The third-order valence-corrected chi connectivity index (χ3v) is 3.81. The molecule has 19 heavy (non-hydrogen) atoms. The van der Waals surface area contributed by atoms with Gasteiger partial charge in [-0.25, -0.2) is 4.98 Å². The summed E-state index contributed by atoms with van der Waals surface area (Å²) in [5.41, 5.74) is 4.02. The van der Waals surface area contributed by atoms with E-state index in [4.69, 9.17) is 23.2 Å². The van der Waals surface area contributed by atoms with Crippen LogP contribution in [0.25, 0.3) is 16.7 Å². The van der Waals surface area contributed by atoms with Gasteiger partial charge < -0.3 is 0 Å². The Labute approximate surface area is 121 Å². The quantitative estimate of drug-likeness (QED) is 0.624. The number of aryl methyl sites for hydroxylation is 1. The number of halogens is 2. The number of nitrogens with zero attached hydrogens (tertiary/aromatic N) is 2. The minimum Gasteiger partial charge on any atom is -0.295 e. The van der Waals surface area contributed by atoms with Crippen LogP contribution in [0.2, 0.25) is 5.02 Å². The summed E-state index contributed by atoms with van der Waals surface area (Å²) >= 11 is 12.2. The van der Waals surface area contributed by atoms with Crippen LogP contribution >= 0.6 is 23.2 Å². The van der Waals surface area contributed by atoms with Crippen molar-refractivity contribution in [2.45, 2.75) is 12.8 Å². The zero-order chi connectivity index (χ0) is 13.4. The summed E-state index contributed by atoms with van der Waals surface area (Å²) in [6.07, 6.45) is 0. The molecule has 96 valence electrons. The first-order chi connectivity index (χ1) is 9.20. The van der Waals surface area contributed by atoms with Crippen molar-refractivity contribution in [2.75, 3.05) is 0 Å². The van der Waals surface area contributed by atoms with Gasteiger partial charge in [-0.3, -0.25) is 4.57 Å². The van der Waals surface area contributed by atoms with Crippen LogP contribution in [0.1, 0.15) is 11.4 Å². The van der Waals surface area contributed by atoms with Crippen molar-refractivity contribution in [2.24, 2.45) is 0 Å². The summed E-state index contributed by atoms with van der Waals surface area (Å²) in [6.45, 7) is 1.99. The van der Waals surface area contributed by atoms with Gasteiger partial charge in [0.2, 0.25) is 0 Å². The van der Waals surface area contributed by atoms with Crippen LogP contribution in [-0.4, -0.2) is 9.55 Å². The van der Waals surface area contributed by atoms with Gasteiger partial charge in [-0.2, -0.15) is 0 Å². The van der Waals surface area contributed by atoms with E-state index in [-0.39, 0.29) is 0 Å². The number of aromatic nitrogens is 2. The number of benzene rings is 2. The van der Waals surface area contributed by atoms with E-state index >= 15 is 0 Å². The second-order valence-electron chi connectivity index (χ2n) is 4.42. The normalized spacial score (nSPS) is 11.1. The number of hydrogen-bond acceptors (Lipinski definition) is 1. The molecule has 0 spiro atoms. The predicted octanol–water partition coefficient (Wildman–Crippen LogP) is 4.73. The molecule has 0 N–H and O–H groups in total. The van der Waals surface area contributed by atoms with Crippen LogP contribution < -0.4 is 0 Å². The molecule has 0 aliphatic rings. The highest BCUT2D eigenvalue weighted by molar-refractivity contribution is 6.31. The molecule has 0 unspecified atom stereocenters. The standard InChI is InChI=1S/C15H12Cl2N2/c1-10-6-7-11(8-12(10)17)19-14-5-3-2-4-13(14)18-15(19)9-16/h2-8H,9H2,1H3. The summed E-state index contributed by atoms with van der Waals surface area (Å²) in [4.78, 5) is 4.55. The lowest BCUT2D eigenvalue weighted by Gasteiger charge is -2.09. The van der Waals surface area contributed by atoms with Gasteiger partial charge in [0, 0.05) is 10.7 Å². The fourth-order valence-corrected chi connectivity index (χ4v) is 2.53. The van der Waals surface area contributed by atoms with Crippen molar-refractivity contribution in [3.05, 3.63) is 58.9 Å². The van der Waals surface area contributed by atoms with Crippen molar-refractivity contribution >= 4 is 34.2 Å². The first-order valence-corrected chi connectivity index (χ1v) is 6.91. The molecule has 2 aromatic carbocycles. The highest BCUT2D eigenvalue weighted by atomic mass is 35.5. The van der Waals surface area contributed by atoms with Gasteiger partial charge in [0.05, 0.1) is 16.9 Å². The predicted molar refractivity (Wildman–Crippen MR) is 80.4 cm³/mol. The lowest BCUT2D eigenvalue weighted by atomic mass is 10.2. The Hall–Kier alpha value is -1.51. The Balaban J connectivity index is 2.31. The fourth-order valence-electron chi connectivity index (χ4n) is 2.17. The van der Waals surface area contributed by atoms with E-state index in [1.54, 1.807) is 0 Å². The number of hydrogen-bond donors (Lipinski definition) is 0. The van der Waals surface area contributed by atoms with E-state index in [0.29, 0.717) is 5.88 Å². The van der Waals surface area contributed by atoms with E-state index in [1.165, 1.54) is 0 Å². The topological polar surface area (TPSA) is 17.8 Å². The number of alkyl halides is 1. The Morgan fingerprint density at radius 2 is 1.95 bits per heavy atom. The third-order valence-electron chi connectivity index (χ3n) is 3.16. The fraction of sp³-hybridized carbons (Fsp3) is 0.133. The maximum Gasteiger partial charge on any atom is 0.129 e. The van der Waals surface area contributed by atoms with Gasteiger partial charge in [0.25, 0.3) is 0 Å². The van der Waals surface area contributed by atoms with Crippen LogP contribution in [0.15, 0.2) is 42.5 Å². The average Bonchev–Trinajstić information content (AvgIpc) is 2.80. The molecular formula is C15H12Cl2N2. The Kier molecular flexibility index (Phi) is 3.21. The van der Waals surface area contributed by atoms with Gasteiger partial charge >= 0.3 is 0 Å². The molecule has 2 nitrogen and oxygen atoms in total. The zero-order valence-electron chi connectivity index (χ0n) is 10.4. The number of rotatable bonds is 2. The van der Waals surface area contributed by atoms with Crippen molar-refractivity contribution in [3.63, 3.8) is 0 Å². The van der Waals surface area contributed by atoms with E-state index in [1.807, 2.05) is 54.0 Å². The van der Waals surface area contributed by atoms with Crippen LogP contribution in [0.4, 0.5) is 0 Å². The molecule has 3 rings (SSSR count). The molecule has 0 radical (unpaired) electrons. The van der Waals surface area contributed by atoms with Gasteiger partial charge in [0.15, 0.2) is 0 Å². The minimum atomic E-state index is 0.361. The van der Waals surface area contributed by atoms with Crippen molar-refractivity contribution in [1.82, 2.24) is 9.55 Å². The molecule has 0 amide bonds. The van der Waals surface area contributed by atoms with Gasteiger partial charge in [-0.15, -0.1) is 11.6 Å². The molecule has 3 aromatic rings. The minimum absolute atomic E-state index is 0.361. The van der Waals surface area contributed by atoms with Gasteiger partial charge in [-0.1, -0.05) is 29.8 Å². The molecular weight excluding hydrogens is 279 g/mol. The first-order valence-electron chi connectivity index (χ1n) is 5.99. The van der Waals surface area contributed by atoms with Crippen LogP contribution in [0.3, 0.4) is 0 Å². The molecule has 0 fully saturated rings. The van der Waals surface area contributed by atoms with Crippen LogP contribution in [-0.2, 0) is 5.88 Å². The monoisotopic (exact) mass is 290 g/mol. The van der Waals surface area contributed by atoms with Crippen molar-refractivity contribution in [1.29, 1.82) is 0 Å². The van der Waals surface area contributed by atoms with Gasteiger partial charge in [0.1, 0.15) is 5.82 Å². The second kappa shape index (κ2) is 4.87. The summed E-state index contributed by atoms with van der Waals surface area (Å²) in [5.74, 6) is 1.18. The summed E-state index contributed by atoms with van der Waals surface area (Å²) in [7, 11) is 0. The van der Waals surface area contributed by atoms with E-state index in [0.717, 1.165) is 33.1 Å². The van der Waals surface area contributed by atoms with E-state index in [9.17, 15) is 0 Å². The van der Waals surface area contributed by atoms with E-state index < -0.39 is 0 Å². The summed E-state index contributed by atoms with van der Waals surface area (Å²) in [5, 5.41) is 0.746. The SMILES string of the molecule is Cc1ccc(-n2c(CCl)nc3ccccc32)cc1Cl. The number of fused-ring (bicyclic) bond motifs is 1. The summed E-state index contributed by atoms with van der Waals surface area (Å²) < 4.78 is 2.05. The molecule has 0 bridgehead atoms. The smallest absolute Gasteiger partial charge is 0.129 e. The van der Waals surface area contributed by atoms with Crippen molar-refractivity contribution < 1.29 is 0 Å². The second-order valence-corrected chi connectivity index (χ2v) is 5.09. The third kappa shape index (κ3) is 2.11. The van der Waals surface area contributed by atoms with Crippen LogP contribution in [0.5, 0.6) is 0 Å². The molecule has 1 heterocycles. The maximum atomic E-state index is 6.21. The molecule has 4 heteroatoms. The lowest BCUT2D eigenvalue weighted by Crippen LogP contribution is -1.99. The average molecular weight is 291 g/mol. The molecule has 0 aliphatic carbocycles. The zero-order valence-corrected chi connectivity index (χ0v) is 11.9. The molecule has 0 saturated carbocycles. The highest BCUT2D eigenvalue weighted by Crippen LogP contribution is 2.25. The van der Waals surface area contributed by atoms with Crippen LogP contribution in [0, 0.1) is 6.92 Å². The Bertz CT molecular complexity index is 747. The molecule has 0 saturated heterocycles. The van der Waals surface area contributed by atoms with E-state index in [2.05, 4.69) is 4.98 Å². The highest BCUT2D eigenvalue weighted by Gasteiger charge is 2.11.